The predicted molar refractivity (Wildman–Crippen MR) is 64.0 cm³/mol. The van der Waals surface area contributed by atoms with Crippen molar-refractivity contribution in [2.45, 2.75) is 45.9 Å². The molecule has 0 radical (unpaired) electrons. The highest BCUT2D eigenvalue weighted by molar-refractivity contribution is 7.55. The van der Waals surface area contributed by atoms with Gasteiger partial charge in [0.05, 0.1) is 13.2 Å². The van der Waals surface area contributed by atoms with Gasteiger partial charge in [-0.05, 0) is 27.7 Å². The van der Waals surface area contributed by atoms with Crippen molar-refractivity contribution in [2.24, 2.45) is 5.92 Å². The van der Waals surface area contributed by atoms with Crippen LogP contribution in [0.4, 0.5) is 0 Å². The van der Waals surface area contributed by atoms with Gasteiger partial charge in [-0.2, -0.15) is 0 Å². The van der Waals surface area contributed by atoms with E-state index in [0.29, 0.717) is 0 Å². The van der Waals surface area contributed by atoms with Crippen LogP contribution in [0, 0.1) is 5.92 Å². The van der Waals surface area contributed by atoms with E-state index >= 15 is 0 Å². The van der Waals surface area contributed by atoms with E-state index in [1.165, 1.54) is 0 Å². The monoisotopic (exact) mass is 264 g/mol. The molecule has 0 spiro atoms. The SMILES string of the molecule is CCOP(=O)(OCC)[C@H]1C(=O)OC(C)(C)[C@@H]1C. The van der Waals surface area contributed by atoms with E-state index < -0.39 is 24.8 Å². The van der Waals surface area contributed by atoms with Crippen LogP contribution in [0.25, 0.3) is 0 Å². The number of rotatable bonds is 5. The molecule has 0 aromatic heterocycles. The van der Waals surface area contributed by atoms with Gasteiger partial charge in [0, 0.05) is 5.92 Å². The zero-order valence-electron chi connectivity index (χ0n) is 11.1. The largest absolute Gasteiger partial charge is 0.459 e. The summed E-state index contributed by atoms with van der Waals surface area (Å²) in [5.74, 6) is -0.702. The highest BCUT2D eigenvalue weighted by atomic mass is 31.2. The highest BCUT2D eigenvalue weighted by Crippen LogP contribution is 2.60. The Morgan fingerprint density at radius 1 is 1.29 bits per heavy atom. The number of carbonyl (C=O) groups is 1. The van der Waals surface area contributed by atoms with E-state index in [-0.39, 0.29) is 19.1 Å². The second-order valence-corrected chi connectivity index (χ2v) is 6.79. The Bertz CT molecular complexity index is 329. The Labute approximate surface area is 102 Å². The van der Waals surface area contributed by atoms with Gasteiger partial charge in [0.1, 0.15) is 5.60 Å². The van der Waals surface area contributed by atoms with Crippen LogP contribution < -0.4 is 0 Å². The summed E-state index contributed by atoms with van der Waals surface area (Å²) in [7, 11) is -3.43. The third-order valence-electron chi connectivity index (χ3n) is 3.13. The summed E-state index contributed by atoms with van der Waals surface area (Å²) >= 11 is 0. The van der Waals surface area contributed by atoms with E-state index in [0.717, 1.165) is 0 Å². The summed E-state index contributed by atoms with van der Waals surface area (Å²) in [4.78, 5) is 11.8. The molecule has 100 valence electrons. The summed E-state index contributed by atoms with van der Waals surface area (Å²) in [5.41, 5.74) is -1.46. The van der Waals surface area contributed by atoms with E-state index in [2.05, 4.69) is 0 Å². The van der Waals surface area contributed by atoms with Gasteiger partial charge in [0.2, 0.25) is 0 Å². The zero-order chi connectivity index (χ0) is 13.3. The predicted octanol–water partition coefficient (Wildman–Crippen LogP) is 2.59. The summed E-state index contributed by atoms with van der Waals surface area (Å²) in [6.45, 7) is 9.38. The number of ether oxygens (including phenoxy) is 1. The van der Waals surface area contributed by atoms with Crippen molar-refractivity contribution < 1.29 is 23.1 Å². The molecule has 0 aliphatic carbocycles. The van der Waals surface area contributed by atoms with Crippen LogP contribution in [-0.4, -0.2) is 30.4 Å². The van der Waals surface area contributed by atoms with Crippen molar-refractivity contribution in [3.05, 3.63) is 0 Å². The van der Waals surface area contributed by atoms with Gasteiger partial charge in [-0.15, -0.1) is 0 Å². The van der Waals surface area contributed by atoms with E-state index in [1.54, 1.807) is 27.7 Å². The molecular weight excluding hydrogens is 243 g/mol. The van der Waals surface area contributed by atoms with E-state index in [4.69, 9.17) is 13.8 Å². The maximum atomic E-state index is 12.6. The Morgan fingerprint density at radius 3 is 2.06 bits per heavy atom. The first kappa shape index (κ1) is 14.7. The van der Waals surface area contributed by atoms with E-state index in [9.17, 15) is 9.36 Å². The fraction of sp³-hybridized carbons (Fsp3) is 0.909. The zero-order valence-corrected chi connectivity index (χ0v) is 12.0. The number of cyclic esters (lactones) is 1. The standard InChI is InChI=1S/C11H21O5P/c1-6-14-17(13,15-7-2)9-8(3)11(4,5)16-10(9)12/h8-9H,6-7H2,1-5H3/t8-,9-/m1/s1. The fourth-order valence-corrected chi connectivity index (χ4v) is 4.29. The molecule has 0 amide bonds. The molecule has 1 saturated heterocycles. The van der Waals surface area contributed by atoms with Gasteiger partial charge in [0.15, 0.2) is 5.66 Å². The topological polar surface area (TPSA) is 61.8 Å². The van der Waals surface area contributed by atoms with Crippen molar-refractivity contribution in [2.75, 3.05) is 13.2 Å². The molecule has 1 fully saturated rings. The molecule has 1 heterocycles. The lowest BCUT2D eigenvalue weighted by Crippen LogP contribution is -2.30. The maximum absolute atomic E-state index is 12.6. The molecule has 0 bridgehead atoms. The maximum Gasteiger partial charge on any atom is 0.345 e. The normalized spacial score (nSPS) is 28.2. The van der Waals surface area contributed by atoms with Crippen molar-refractivity contribution in [3.8, 4) is 0 Å². The number of esters is 1. The minimum Gasteiger partial charge on any atom is -0.459 e. The minimum absolute atomic E-state index is 0.209. The van der Waals surface area contributed by atoms with E-state index in [1.807, 2.05) is 6.92 Å². The first-order valence-corrected chi connectivity index (χ1v) is 7.51. The average Bonchev–Trinajstić information content (AvgIpc) is 2.36. The third-order valence-corrected chi connectivity index (χ3v) is 5.71. The Kier molecular flexibility index (Phi) is 4.39. The molecule has 0 aromatic carbocycles. The molecule has 17 heavy (non-hydrogen) atoms. The highest BCUT2D eigenvalue weighted by Gasteiger charge is 2.57. The third kappa shape index (κ3) is 2.72. The lowest BCUT2D eigenvalue weighted by Gasteiger charge is -2.26. The molecule has 0 unspecified atom stereocenters. The van der Waals surface area contributed by atoms with Crippen LogP contribution >= 0.6 is 7.60 Å². The van der Waals surface area contributed by atoms with Gasteiger partial charge in [-0.3, -0.25) is 9.36 Å². The number of hydrogen-bond acceptors (Lipinski definition) is 5. The van der Waals surface area contributed by atoms with Crippen molar-refractivity contribution >= 4 is 13.6 Å². The van der Waals surface area contributed by atoms with Crippen LogP contribution in [0.3, 0.4) is 0 Å². The fourth-order valence-electron chi connectivity index (χ4n) is 1.96. The lowest BCUT2D eigenvalue weighted by molar-refractivity contribution is -0.146. The molecular formula is C11H21O5P. The summed E-state index contributed by atoms with van der Waals surface area (Å²) in [6, 6.07) is 0. The second kappa shape index (κ2) is 5.09. The molecule has 6 heteroatoms. The van der Waals surface area contributed by atoms with Crippen LogP contribution in [0.15, 0.2) is 0 Å². The minimum atomic E-state index is -3.43. The second-order valence-electron chi connectivity index (χ2n) is 4.63. The lowest BCUT2D eigenvalue weighted by atomic mass is 9.93. The Hall–Kier alpha value is -0.380. The molecule has 5 nitrogen and oxygen atoms in total. The number of carbonyl (C=O) groups excluding carboxylic acids is 1. The molecule has 2 atom stereocenters. The van der Waals surface area contributed by atoms with Crippen LogP contribution in [-0.2, 0) is 23.1 Å². The first-order chi connectivity index (χ1) is 7.78. The number of hydrogen-bond donors (Lipinski definition) is 0. The quantitative estimate of drug-likeness (QED) is 0.564. The van der Waals surface area contributed by atoms with Crippen LogP contribution in [0.2, 0.25) is 0 Å². The van der Waals surface area contributed by atoms with Gasteiger partial charge < -0.3 is 13.8 Å². The van der Waals surface area contributed by atoms with Crippen molar-refractivity contribution in [3.63, 3.8) is 0 Å². The van der Waals surface area contributed by atoms with Gasteiger partial charge in [-0.25, -0.2) is 0 Å². The Balaban J connectivity index is 3.03. The van der Waals surface area contributed by atoms with Crippen LogP contribution in [0.5, 0.6) is 0 Å². The molecule has 1 aliphatic rings. The van der Waals surface area contributed by atoms with Gasteiger partial charge >= 0.3 is 13.6 Å². The summed E-state index contributed by atoms with van der Waals surface area (Å²) in [5, 5.41) is 0. The summed E-state index contributed by atoms with van der Waals surface area (Å²) < 4.78 is 28.3. The van der Waals surface area contributed by atoms with Gasteiger partial charge in [0.25, 0.3) is 0 Å². The molecule has 0 N–H and O–H groups in total. The van der Waals surface area contributed by atoms with Crippen LogP contribution in [0.1, 0.15) is 34.6 Å². The molecule has 1 rings (SSSR count). The Morgan fingerprint density at radius 2 is 1.76 bits per heavy atom. The smallest absolute Gasteiger partial charge is 0.345 e. The van der Waals surface area contributed by atoms with Crippen molar-refractivity contribution in [1.82, 2.24) is 0 Å². The first-order valence-electron chi connectivity index (χ1n) is 5.90. The van der Waals surface area contributed by atoms with Crippen molar-refractivity contribution in [1.29, 1.82) is 0 Å². The molecule has 0 aromatic rings. The molecule has 1 aliphatic heterocycles. The van der Waals surface area contributed by atoms with Gasteiger partial charge in [-0.1, -0.05) is 6.92 Å². The molecule has 0 saturated carbocycles. The summed E-state index contributed by atoms with van der Waals surface area (Å²) in [6.07, 6.45) is 0. The average molecular weight is 264 g/mol.